The molecule has 6 heteroatoms. The summed E-state index contributed by atoms with van der Waals surface area (Å²) >= 11 is 4.93. The van der Waals surface area contributed by atoms with Crippen LogP contribution in [0.3, 0.4) is 0 Å². The fourth-order valence-corrected chi connectivity index (χ4v) is 3.67. The number of nitrogens with zero attached hydrogens (tertiary/aromatic N) is 1. The molecule has 0 amide bonds. The first-order chi connectivity index (χ1) is 9.04. The van der Waals surface area contributed by atoms with Crippen LogP contribution in [0.1, 0.15) is 38.3 Å². The number of thiocarbonyl (C=S) groups is 1. The average molecular weight is 314 g/mol. The van der Waals surface area contributed by atoms with Crippen LogP contribution in [0.4, 0.5) is 0 Å². The number of nitrogens with two attached hydrogens (primary N) is 1. The molecule has 0 unspecified atom stereocenters. The van der Waals surface area contributed by atoms with Crippen LogP contribution in [0, 0.1) is 6.92 Å². The summed E-state index contributed by atoms with van der Waals surface area (Å²) < 4.78 is 26.7. The second-order valence-electron chi connectivity index (χ2n) is 5.48. The zero-order chi connectivity index (χ0) is 15.7. The maximum Gasteiger partial charge on any atom is 0.243 e. The van der Waals surface area contributed by atoms with E-state index in [4.69, 9.17) is 18.0 Å². The van der Waals surface area contributed by atoms with Gasteiger partial charge < -0.3 is 5.73 Å². The highest BCUT2D eigenvalue weighted by Gasteiger charge is 2.32. The van der Waals surface area contributed by atoms with Crippen LogP contribution in [-0.4, -0.2) is 30.3 Å². The van der Waals surface area contributed by atoms with Crippen molar-refractivity contribution in [1.29, 1.82) is 0 Å². The summed E-state index contributed by atoms with van der Waals surface area (Å²) in [6, 6.07) is 4.84. The van der Waals surface area contributed by atoms with Gasteiger partial charge in [-0.25, -0.2) is 8.42 Å². The lowest BCUT2D eigenvalue weighted by molar-refractivity contribution is 0.257. The Labute approximate surface area is 127 Å². The zero-order valence-electron chi connectivity index (χ0n) is 12.6. The largest absolute Gasteiger partial charge is 0.389 e. The first kappa shape index (κ1) is 17.1. The Bertz CT molecular complexity index is 622. The Morgan fingerprint density at radius 2 is 1.95 bits per heavy atom. The van der Waals surface area contributed by atoms with E-state index in [1.165, 1.54) is 4.31 Å². The van der Waals surface area contributed by atoms with Crippen molar-refractivity contribution in [1.82, 2.24) is 4.31 Å². The van der Waals surface area contributed by atoms with Gasteiger partial charge in [0, 0.05) is 18.2 Å². The van der Waals surface area contributed by atoms with Gasteiger partial charge >= 0.3 is 0 Å². The standard InChI is InChI=1S/C14H22N2O2S2/c1-6-14(3,4)16(5)20(17,18)11-7-8-12(13(15)19)10(2)9-11/h7-9H,6H2,1-5H3,(H2,15,19). The fraction of sp³-hybridized carbons (Fsp3) is 0.500. The summed E-state index contributed by atoms with van der Waals surface area (Å²) in [5.74, 6) is 0. The molecule has 0 atom stereocenters. The summed E-state index contributed by atoms with van der Waals surface area (Å²) in [7, 11) is -1.92. The molecule has 0 saturated carbocycles. The van der Waals surface area contributed by atoms with Crippen molar-refractivity contribution in [3.05, 3.63) is 29.3 Å². The minimum atomic E-state index is -3.52. The van der Waals surface area contributed by atoms with Gasteiger partial charge in [-0.15, -0.1) is 0 Å². The van der Waals surface area contributed by atoms with E-state index < -0.39 is 15.6 Å². The van der Waals surface area contributed by atoms with Crippen LogP contribution >= 0.6 is 12.2 Å². The monoisotopic (exact) mass is 314 g/mol. The minimum absolute atomic E-state index is 0.263. The molecule has 0 saturated heterocycles. The SMILES string of the molecule is CCC(C)(C)N(C)S(=O)(=O)c1ccc(C(N)=S)c(C)c1. The maximum atomic E-state index is 12.6. The molecule has 0 aliphatic rings. The van der Waals surface area contributed by atoms with Crippen LogP contribution < -0.4 is 5.73 Å². The Balaban J connectivity index is 3.31. The van der Waals surface area contributed by atoms with Crippen molar-refractivity contribution in [2.75, 3.05) is 7.05 Å². The van der Waals surface area contributed by atoms with Crippen molar-refractivity contribution in [3.63, 3.8) is 0 Å². The first-order valence-corrected chi connectivity index (χ1v) is 8.28. The van der Waals surface area contributed by atoms with Crippen LogP contribution in [0.5, 0.6) is 0 Å². The molecular weight excluding hydrogens is 292 g/mol. The van der Waals surface area contributed by atoms with Gasteiger partial charge in [-0.2, -0.15) is 4.31 Å². The smallest absolute Gasteiger partial charge is 0.243 e. The number of sulfonamides is 1. The topological polar surface area (TPSA) is 63.4 Å². The number of rotatable bonds is 5. The Morgan fingerprint density at radius 1 is 1.40 bits per heavy atom. The third-order valence-electron chi connectivity index (χ3n) is 3.84. The van der Waals surface area contributed by atoms with E-state index in [0.717, 1.165) is 12.0 Å². The lowest BCUT2D eigenvalue weighted by atomic mass is 10.0. The predicted octanol–water partition coefficient (Wildman–Crippen LogP) is 2.44. The highest BCUT2D eigenvalue weighted by atomic mass is 32.2. The van der Waals surface area contributed by atoms with Crippen LogP contribution in [0.25, 0.3) is 0 Å². The maximum absolute atomic E-state index is 12.6. The van der Waals surface area contributed by atoms with Gasteiger partial charge in [0.1, 0.15) is 4.99 Å². The van der Waals surface area contributed by atoms with Gasteiger partial charge in [0.05, 0.1) is 4.90 Å². The van der Waals surface area contributed by atoms with E-state index in [0.29, 0.717) is 5.56 Å². The number of hydrogen-bond donors (Lipinski definition) is 1. The third-order valence-corrected chi connectivity index (χ3v) is 6.12. The molecule has 2 N–H and O–H groups in total. The van der Waals surface area contributed by atoms with Crippen LogP contribution in [-0.2, 0) is 10.0 Å². The van der Waals surface area contributed by atoms with E-state index >= 15 is 0 Å². The quantitative estimate of drug-likeness (QED) is 0.848. The molecule has 1 aromatic rings. The molecule has 0 aliphatic heterocycles. The van der Waals surface area contributed by atoms with Crippen molar-refractivity contribution in [3.8, 4) is 0 Å². The minimum Gasteiger partial charge on any atom is -0.389 e. The third kappa shape index (κ3) is 3.19. The van der Waals surface area contributed by atoms with Gasteiger partial charge in [0.25, 0.3) is 0 Å². The first-order valence-electron chi connectivity index (χ1n) is 6.43. The molecule has 20 heavy (non-hydrogen) atoms. The fourth-order valence-electron chi connectivity index (χ4n) is 1.78. The molecule has 0 heterocycles. The summed E-state index contributed by atoms with van der Waals surface area (Å²) in [5.41, 5.74) is 6.63. The van der Waals surface area contributed by atoms with Gasteiger partial charge in [0.15, 0.2) is 0 Å². The summed E-state index contributed by atoms with van der Waals surface area (Å²) in [6.45, 7) is 7.58. The van der Waals surface area contributed by atoms with Crippen molar-refractivity contribution in [2.45, 2.75) is 44.6 Å². The summed E-state index contributed by atoms with van der Waals surface area (Å²) in [4.78, 5) is 0.535. The van der Waals surface area contributed by atoms with Crippen molar-refractivity contribution >= 4 is 27.2 Å². The lowest BCUT2D eigenvalue weighted by Gasteiger charge is -2.33. The molecule has 4 nitrogen and oxygen atoms in total. The second-order valence-corrected chi connectivity index (χ2v) is 7.89. The van der Waals surface area contributed by atoms with Crippen LogP contribution in [0.15, 0.2) is 23.1 Å². The summed E-state index contributed by atoms with van der Waals surface area (Å²) in [5, 5.41) is 0. The Morgan fingerprint density at radius 3 is 2.35 bits per heavy atom. The average Bonchev–Trinajstić information content (AvgIpc) is 2.37. The van der Waals surface area contributed by atoms with E-state index in [9.17, 15) is 8.42 Å². The van der Waals surface area contributed by atoms with E-state index in [1.807, 2.05) is 20.8 Å². The molecule has 0 spiro atoms. The zero-order valence-corrected chi connectivity index (χ0v) is 14.2. The molecule has 0 fully saturated rings. The Kier molecular flexibility index (Phi) is 4.94. The molecule has 0 aromatic heterocycles. The van der Waals surface area contributed by atoms with E-state index in [2.05, 4.69) is 0 Å². The van der Waals surface area contributed by atoms with Gasteiger partial charge in [0.2, 0.25) is 10.0 Å². The van der Waals surface area contributed by atoms with Gasteiger partial charge in [-0.05, 0) is 44.9 Å². The van der Waals surface area contributed by atoms with E-state index in [1.54, 1.807) is 32.2 Å². The van der Waals surface area contributed by atoms with Gasteiger partial charge in [-0.3, -0.25) is 0 Å². The second kappa shape index (κ2) is 5.79. The molecule has 1 rings (SSSR count). The van der Waals surface area contributed by atoms with Gasteiger partial charge in [-0.1, -0.05) is 25.2 Å². The molecular formula is C14H22N2O2S2. The normalized spacial score (nSPS) is 12.7. The van der Waals surface area contributed by atoms with Crippen molar-refractivity contribution < 1.29 is 8.42 Å². The highest BCUT2D eigenvalue weighted by molar-refractivity contribution is 7.89. The predicted molar refractivity (Wildman–Crippen MR) is 86.4 cm³/mol. The number of hydrogen-bond acceptors (Lipinski definition) is 3. The molecule has 112 valence electrons. The molecule has 0 aliphatic carbocycles. The molecule has 1 aromatic carbocycles. The van der Waals surface area contributed by atoms with Crippen molar-refractivity contribution in [2.24, 2.45) is 5.73 Å². The lowest BCUT2D eigenvalue weighted by Crippen LogP contribution is -2.44. The molecule has 0 radical (unpaired) electrons. The number of benzene rings is 1. The van der Waals surface area contributed by atoms with Crippen LogP contribution in [0.2, 0.25) is 0 Å². The highest BCUT2D eigenvalue weighted by Crippen LogP contribution is 2.26. The molecule has 0 bridgehead atoms. The van der Waals surface area contributed by atoms with E-state index in [-0.39, 0.29) is 9.88 Å². The number of aryl methyl sites for hydroxylation is 1. The Hall–Kier alpha value is -0.980. The summed E-state index contributed by atoms with van der Waals surface area (Å²) in [6.07, 6.45) is 0.729.